The molecule has 1 fully saturated rings. The molecule has 1 atom stereocenters. The van der Waals surface area contributed by atoms with E-state index in [2.05, 4.69) is 25.8 Å². The van der Waals surface area contributed by atoms with Crippen LogP contribution < -0.4 is 15.5 Å². The quantitative estimate of drug-likeness (QED) is 0.388. The monoisotopic (exact) mass is 420 g/mol. The SMILES string of the molecule is CCNC(=NCCCc1nc(C(C)C)no1)NC1CCN(c2ccc(F)cc2F)C1. The van der Waals surface area contributed by atoms with Crippen LogP contribution in [0, 0.1) is 11.6 Å². The van der Waals surface area contributed by atoms with Crippen LogP contribution in [-0.2, 0) is 6.42 Å². The van der Waals surface area contributed by atoms with E-state index in [1.807, 2.05) is 25.7 Å². The number of aliphatic imine (C=N–C) groups is 1. The van der Waals surface area contributed by atoms with E-state index in [1.54, 1.807) is 0 Å². The van der Waals surface area contributed by atoms with Crippen molar-refractivity contribution in [3.63, 3.8) is 0 Å². The zero-order valence-electron chi connectivity index (χ0n) is 17.8. The average molecular weight is 421 g/mol. The molecular formula is C21H30F2N6O. The maximum atomic E-state index is 14.0. The Morgan fingerprint density at radius 2 is 2.20 bits per heavy atom. The van der Waals surface area contributed by atoms with Crippen molar-refractivity contribution in [2.75, 3.05) is 31.1 Å². The number of aromatic nitrogens is 2. The van der Waals surface area contributed by atoms with E-state index in [1.165, 1.54) is 12.1 Å². The van der Waals surface area contributed by atoms with Gasteiger partial charge in [-0.15, -0.1) is 0 Å². The maximum absolute atomic E-state index is 14.0. The zero-order valence-corrected chi connectivity index (χ0v) is 17.8. The number of hydrogen-bond donors (Lipinski definition) is 2. The second kappa shape index (κ2) is 10.4. The summed E-state index contributed by atoms with van der Waals surface area (Å²) in [5, 5.41) is 10.6. The van der Waals surface area contributed by atoms with Crippen molar-refractivity contribution in [3.8, 4) is 0 Å². The van der Waals surface area contributed by atoms with Crippen molar-refractivity contribution in [1.82, 2.24) is 20.8 Å². The Hall–Kier alpha value is -2.71. The highest BCUT2D eigenvalue weighted by molar-refractivity contribution is 5.80. The zero-order chi connectivity index (χ0) is 21.5. The first-order valence-corrected chi connectivity index (χ1v) is 10.5. The summed E-state index contributed by atoms with van der Waals surface area (Å²) >= 11 is 0. The molecule has 1 saturated heterocycles. The Bertz CT molecular complexity index is 854. The number of guanidine groups is 1. The second-order valence-electron chi connectivity index (χ2n) is 7.74. The highest BCUT2D eigenvalue weighted by Crippen LogP contribution is 2.24. The summed E-state index contributed by atoms with van der Waals surface area (Å²) in [7, 11) is 0. The smallest absolute Gasteiger partial charge is 0.226 e. The molecule has 0 amide bonds. The van der Waals surface area contributed by atoms with Gasteiger partial charge in [0.2, 0.25) is 5.89 Å². The molecule has 3 rings (SSSR count). The van der Waals surface area contributed by atoms with E-state index in [0.29, 0.717) is 37.6 Å². The van der Waals surface area contributed by atoms with Gasteiger partial charge in [0, 0.05) is 50.6 Å². The van der Waals surface area contributed by atoms with Crippen LogP contribution in [0.4, 0.5) is 14.5 Å². The predicted molar refractivity (Wildman–Crippen MR) is 113 cm³/mol. The summed E-state index contributed by atoms with van der Waals surface area (Å²) in [6.45, 7) is 8.78. The molecule has 1 aliphatic heterocycles. The van der Waals surface area contributed by atoms with E-state index >= 15 is 0 Å². The van der Waals surface area contributed by atoms with Crippen molar-refractivity contribution in [2.24, 2.45) is 4.99 Å². The third kappa shape index (κ3) is 5.90. The fraction of sp³-hybridized carbons (Fsp3) is 0.571. The fourth-order valence-corrected chi connectivity index (χ4v) is 3.37. The molecule has 9 heteroatoms. The first-order valence-electron chi connectivity index (χ1n) is 10.5. The van der Waals surface area contributed by atoms with Crippen molar-refractivity contribution in [3.05, 3.63) is 41.5 Å². The van der Waals surface area contributed by atoms with Gasteiger partial charge in [-0.05, 0) is 31.9 Å². The molecule has 2 N–H and O–H groups in total. The van der Waals surface area contributed by atoms with Gasteiger partial charge < -0.3 is 20.1 Å². The molecule has 0 aliphatic carbocycles. The summed E-state index contributed by atoms with van der Waals surface area (Å²) in [5.74, 6) is 1.26. The molecule has 1 aromatic heterocycles. The normalized spacial score (nSPS) is 17.1. The van der Waals surface area contributed by atoms with Gasteiger partial charge in [-0.3, -0.25) is 4.99 Å². The molecule has 1 aliphatic rings. The molecule has 0 radical (unpaired) electrons. The molecule has 7 nitrogen and oxygen atoms in total. The van der Waals surface area contributed by atoms with Crippen molar-refractivity contribution in [2.45, 2.75) is 52.0 Å². The lowest BCUT2D eigenvalue weighted by molar-refractivity contribution is 0.369. The van der Waals surface area contributed by atoms with Crippen LogP contribution in [0.15, 0.2) is 27.7 Å². The number of anilines is 1. The van der Waals surface area contributed by atoms with Gasteiger partial charge in [0.15, 0.2) is 11.8 Å². The van der Waals surface area contributed by atoms with Crippen LogP contribution in [0.5, 0.6) is 0 Å². The molecule has 1 aromatic carbocycles. The predicted octanol–water partition coefficient (Wildman–Crippen LogP) is 3.24. The van der Waals surface area contributed by atoms with Crippen LogP contribution in [0.1, 0.15) is 51.2 Å². The molecule has 0 spiro atoms. The lowest BCUT2D eigenvalue weighted by Gasteiger charge is -2.21. The molecule has 1 unspecified atom stereocenters. The van der Waals surface area contributed by atoms with E-state index in [9.17, 15) is 8.78 Å². The minimum Gasteiger partial charge on any atom is -0.367 e. The molecule has 2 aromatic rings. The van der Waals surface area contributed by atoms with Gasteiger partial charge in [0.05, 0.1) is 5.69 Å². The summed E-state index contributed by atoms with van der Waals surface area (Å²) in [6, 6.07) is 3.85. The van der Waals surface area contributed by atoms with Gasteiger partial charge >= 0.3 is 0 Å². The molecule has 2 heterocycles. The minimum atomic E-state index is -0.562. The summed E-state index contributed by atoms with van der Waals surface area (Å²) in [4.78, 5) is 10.9. The van der Waals surface area contributed by atoms with E-state index in [4.69, 9.17) is 4.52 Å². The number of hydrogen-bond acceptors (Lipinski definition) is 5. The largest absolute Gasteiger partial charge is 0.367 e. The van der Waals surface area contributed by atoms with E-state index in [0.717, 1.165) is 37.2 Å². The Labute approximate surface area is 175 Å². The van der Waals surface area contributed by atoms with E-state index < -0.39 is 11.6 Å². The first-order chi connectivity index (χ1) is 14.5. The lowest BCUT2D eigenvalue weighted by Crippen LogP contribution is -2.44. The van der Waals surface area contributed by atoms with Gasteiger partial charge in [-0.1, -0.05) is 19.0 Å². The Morgan fingerprint density at radius 3 is 2.90 bits per heavy atom. The summed E-state index contributed by atoms with van der Waals surface area (Å²) < 4.78 is 32.5. The van der Waals surface area contributed by atoms with Crippen LogP contribution in [0.2, 0.25) is 0 Å². The van der Waals surface area contributed by atoms with Crippen LogP contribution in [0.25, 0.3) is 0 Å². The van der Waals surface area contributed by atoms with Crippen LogP contribution >= 0.6 is 0 Å². The standard InChI is InChI=1S/C21H30F2N6O/c1-4-24-21(25-10-5-6-19-27-20(14(2)3)28-30-19)26-16-9-11-29(13-16)18-8-7-15(22)12-17(18)23/h7-8,12,14,16H,4-6,9-11,13H2,1-3H3,(H2,24,25,26). The summed E-state index contributed by atoms with van der Waals surface area (Å²) in [5.41, 5.74) is 0.433. The number of rotatable bonds is 8. The molecule has 164 valence electrons. The molecule has 0 bridgehead atoms. The van der Waals surface area contributed by atoms with Gasteiger partial charge in [0.25, 0.3) is 0 Å². The lowest BCUT2D eigenvalue weighted by atomic mass is 10.2. The van der Waals surface area contributed by atoms with Crippen molar-refractivity contribution < 1.29 is 13.3 Å². The van der Waals surface area contributed by atoms with Crippen molar-refractivity contribution in [1.29, 1.82) is 0 Å². The highest BCUT2D eigenvalue weighted by atomic mass is 19.1. The number of aryl methyl sites for hydroxylation is 1. The Kier molecular flexibility index (Phi) is 7.59. The van der Waals surface area contributed by atoms with Crippen molar-refractivity contribution >= 4 is 11.6 Å². The molecule has 30 heavy (non-hydrogen) atoms. The average Bonchev–Trinajstić information content (AvgIpc) is 3.35. The Morgan fingerprint density at radius 1 is 1.37 bits per heavy atom. The number of nitrogens with zero attached hydrogens (tertiary/aromatic N) is 4. The Balaban J connectivity index is 1.49. The topological polar surface area (TPSA) is 78.6 Å². The summed E-state index contributed by atoms with van der Waals surface area (Å²) in [6.07, 6.45) is 2.33. The first kappa shape index (κ1) is 22.0. The fourth-order valence-electron chi connectivity index (χ4n) is 3.37. The van der Waals surface area contributed by atoms with Crippen LogP contribution in [0.3, 0.4) is 0 Å². The third-order valence-electron chi connectivity index (χ3n) is 4.94. The van der Waals surface area contributed by atoms with E-state index in [-0.39, 0.29) is 12.0 Å². The maximum Gasteiger partial charge on any atom is 0.226 e. The third-order valence-corrected chi connectivity index (χ3v) is 4.94. The van der Waals surface area contributed by atoms with Gasteiger partial charge in [-0.25, -0.2) is 8.78 Å². The number of benzene rings is 1. The highest BCUT2D eigenvalue weighted by Gasteiger charge is 2.25. The van der Waals surface area contributed by atoms with Gasteiger partial charge in [-0.2, -0.15) is 4.98 Å². The van der Waals surface area contributed by atoms with Gasteiger partial charge in [0.1, 0.15) is 11.6 Å². The second-order valence-corrected chi connectivity index (χ2v) is 7.74. The number of halogens is 2. The number of nitrogens with one attached hydrogen (secondary N) is 2. The molecular weight excluding hydrogens is 390 g/mol. The minimum absolute atomic E-state index is 0.136. The van der Waals surface area contributed by atoms with Crippen LogP contribution in [-0.4, -0.2) is 48.3 Å². The molecule has 0 saturated carbocycles.